The maximum absolute atomic E-state index is 12.5. The van der Waals surface area contributed by atoms with Gasteiger partial charge in [0.15, 0.2) is 0 Å². The number of rotatable bonds is 6. The number of benzene rings is 1. The first-order chi connectivity index (χ1) is 11.8. The summed E-state index contributed by atoms with van der Waals surface area (Å²) < 4.78 is 27.3. The second kappa shape index (κ2) is 8.44. The molecule has 0 radical (unpaired) electrons. The van der Waals surface area contributed by atoms with Crippen LogP contribution in [0.3, 0.4) is 0 Å². The molecule has 1 aliphatic rings. The molecule has 1 aliphatic heterocycles. The summed E-state index contributed by atoms with van der Waals surface area (Å²) in [6, 6.07) is 8.77. The van der Waals surface area contributed by atoms with Gasteiger partial charge < -0.3 is 10.2 Å². The summed E-state index contributed by atoms with van der Waals surface area (Å²) >= 11 is 0. The maximum Gasteiger partial charge on any atom is 0.253 e. The van der Waals surface area contributed by atoms with Crippen molar-refractivity contribution in [3.63, 3.8) is 0 Å². The van der Waals surface area contributed by atoms with Crippen LogP contribution < -0.4 is 10.0 Å². The van der Waals surface area contributed by atoms with Gasteiger partial charge in [0.2, 0.25) is 15.9 Å². The number of nitrogens with one attached hydrogen (secondary N) is 2. The first-order valence-electron chi connectivity index (χ1n) is 8.42. The Morgan fingerprint density at radius 3 is 2.56 bits per heavy atom. The van der Waals surface area contributed by atoms with E-state index in [1.54, 1.807) is 43.0 Å². The van der Waals surface area contributed by atoms with E-state index < -0.39 is 15.3 Å². The molecule has 2 N–H and O–H groups in total. The van der Waals surface area contributed by atoms with Crippen molar-refractivity contribution < 1.29 is 18.0 Å². The van der Waals surface area contributed by atoms with Crippen LogP contribution in [0, 0.1) is 0 Å². The van der Waals surface area contributed by atoms with Crippen molar-refractivity contribution in [3.8, 4) is 0 Å². The molecule has 1 heterocycles. The number of piperidine rings is 1. The van der Waals surface area contributed by atoms with Crippen LogP contribution in [-0.4, -0.2) is 56.1 Å². The molecule has 2 amide bonds. The maximum atomic E-state index is 12.5. The van der Waals surface area contributed by atoms with E-state index in [1.807, 2.05) is 6.07 Å². The van der Waals surface area contributed by atoms with E-state index in [4.69, 9.17) is 0 Å². The molecule has 2 rings (SSSR count). The van der Waals surface area contributed by atoms with Crippen molar-refractivity contribution in [1.82, 2.24) is 14.9 Å². The molecule has 1 unspecified atom stereocenters. The van der Waals surface area contributed by atoms with Crippen LogP contribution in [0.1, 0.15) is 37.0 Å². The fourth-order valence-corrected chi connectivity index (χ4v) is 4.22. The highest BCUT2D eigenvalue weighted by Crippen LogP contribution is 2.18. The number of carbonyl (C=O) groups is 2. The molecule has 7 nitrogen and oxygen atoms in total. The van der Waals surface area contributed by atoms with E-state index in [0.29, 0.717) is 24.9 Å². The minimum absolute atomic E-state index is 0.0503. The summed E-state index contributed by atoms with van der Waals surface area (Å²) in [5, 5.41) is 1.93. The highest BCUT2D eigenvalue weighted by molar-refractivity contribution is 7.90. The fourth-order valence-electron chi connectivity index (χ4n) is 2.80. The highest BCUT2D eigenvalue weighted by Gasteiger charge is 2.33. The van der Waals surface area contributed by atoms with Gasteiger partial charge in [0, 0.05) is 24.7 Å². The molecule has 1 aromatic carbocycles. The number of nitrogens with zero attached hydrogens (tertiary/aromatic N) is 1. The Bertz CT molecular complexity index is 704. The van der Waals surface area contributed by atoms with E-state index in [-0.39, 0.29) is 30.9 Å². The van der Waals surface area contributed by atoms with Gasteiger partial charge in [0.05, 0.1) is 11.8 Å². The van der Waals surface area contributed by atoms with Crippen LogP contribution in [0.15, 0.2) is 30.3 Å². The van der Waals surface area contributed by atoms with Crippen LogP contribution in [-0.2, 0) is 14.8 Å². The second-order valence-corrected chi connectivity index (χ2v) is 8.52. The third kappa shape index (κ3) is 5.54. The molecule has 1 atom stereocenters. The van der Waals surface area contributed by atoms with Gasteiger partial charge >= 0.3 is 0 Å². The van der Waals surface area contributed by atoms with Gasteiger partial charge in [-0.05, 0) is 38.8 Å². The van der Waals surface area contributed by atoms with Crippen molar-refractivity contribution in [2.75, 3.05) is 19.6 Å². The molecule has 0 saturated carbocycles. The molecule has 1 saturated heterocycles. The molecular weight excluding hydrogens is 342 g/mol. The Kier molecular flexibility index (Phi) is 6.55. The Labute approximate surface area is 148 Å². The first-order valence-corrected chi connectivity index (χ1v) is 9.96. The zero-order valence-electron chi connectivity index (χ0n) is 14.6. The predicted molar refractivity (Wildman–Crippen MR) is 95.6 cm³/mol. The van der Waals surface area contributed by atoms with E-state index in [1.165, 1.54) is 0 Å². The fraction of sp³-hybridized carbons (Fsp3) is 0.529. The van der Waals surface area contributed by atoms with Crippen LogP contribution >= 0.6 is 0 Å². The van der Waals surface area contributed by atoms with Gasteiger partial charge in [-0.2, -0.15) is 0 Å². The van der Waals surface area contributed by atoms with E-state index in [9.17, 15) is 18.0 Å². The Morgan fingerprint density at radius 2 is 1.92 bits per heavy atom. The number of amides is 2. The largest absolute Gasteiger partial charge is 0.353 e. The lowest BCUT2D eigenvalue weighted by atomic mass is 10.1. The van der Waals surface area contributed by atoms with Crippen LogP contribution in [0.2, 0.25) is 0 Å². The number of likely N-dealkylation sites (tertiary alicyclic amines) is 1. The first kappa shape index (κ1) is 19.4. The minimum Gasteiger partial charge on any atom is -0.353 e. The molecule has 8 heteroatoms. The van der Waals surface area contributed by atoms with E-state index in [2.05, 4.69) is 10.0 Å². The lowest BCUT2D eigenvalue weighted by Gasteiger charge is -2.32. The molecule has 0 aliphatic carbocycles. The van der Waals surface area contributed by atoms with Crippen LogP contribution in [0.5, 0.6) is 0 Å². The average molecular weight is 367 g/mol. The average Bonchev–Trinajstić information content (AvgIpc) is 2.60. The van der Waals surface area contributed by atoms with Gasteiger partial charge in [0.25, 0.3) is 5.91 Å². The summed E-state index contributed by atoms with van der Waals surface area (Å²) in [7, 11) is -3.67. The Balaban J connectivity index is 1.97. The summed E-state index contributed by atoms with van der Waals surface area (Å²) in [6.07, 6.45) is 1.09. The quantitative estimate of drug-likeness (QED) is 0.775. The molecule has 25 heavy (non-hydrogen) atoms. The number of hydrogen-bond acceptors (Lipinski definition) is 4. The van der Waals surface area contributed by atoms with Crippen LogP contribution in [0.25, 0.3) is 0 Å². The highest BCUT2D eigenvalue weighted by atomic mass is 32.2. The van der Waals surface area contributed by atoms with E-state index >= 15 is 0 Å². The molecule has 138 valence electrons. The molecule has 1 aromatic rings. The number of sulfonamides is 1. The zero-order valence-corrected chi connectivity index (χ0v) is 15.4. The second-order valence-electron chi connectivity index (χ2n) is 6.47. The predicted octanol–water partition coefficient (Wildman–Crippen LogP) is 0.735. The molecule has 0 spiro atoms. The third-order valence-electron chi connectivity index (χ3n) is 4.01. The summed E-state index contributed by atoms with van der Waals surface area (Å²) in [6.45, 7) is 3.99. The van der Waals surface area contributed by atoms with Crippen molar-refractivity contribution in [3.05, 3.63) is 35.9 Å². The van der Waals surface area contributed by atoms with Crippen molar-refractivity contribution in [2.45, 2.75) is 38.0 Å². The molecule has 1 fully saturated rings. The van der Waals surface area contributed by atoms with Crippen molar-refractivity contribution in [1.29, 1.82) is 0 Å². The monoisotopic (exact) mass is 367 g/mol. The molecule has 0 aromatic heterocycles. The van der Waals surface area contributed by atoms with Gasteiger partial charge in [-0.15, -0.1) is 0 Å². The SMILES string of the molecule is CC(C)NC(=O)CNS(=O)(=O)C1CCCN(C(=O)c2ccccc2)C1. The smallest absolute Gasteiger partial charge is 0.253 e. The number of carbonyl (C=O) groups excluding carboxylic acids is 2. The topological polar surface area (TPSA) is 95.6 Å². The van der Waals surface area contributed by atoms with Crippen LogP contribution in [0.4, 0.5) is 0 Å². The third-order valence-corrected chi connectivity index (χ3v) is 5.82. The summed E-state index contributed by atoms with van der Waals surface area (Å²) in [4.78, 5) is 25.7. The lowest BCUT2D eigenvalue weighted by molar-refractivity contribution is -0.120. The molecular formula is C17H25N3O4S. The van der Waals surface area contributed by atoms with Gasteiger partial charge in [-0.3, -0.25) is 9.59 Å². The van der Waals surface area contributed by atoms with Gasteiger partial charge in [-0.1, -0.05) is 18.2 Å². The minimum atomic E-state index is -3.67. The van der Waals surface area contributed by atoms with Crippen molar-refractivity contribution in [2.24, 2.45) is 0 Å². The van der Waals surface area contributed by atoms with Crippen molar-refractivity contribution >= 4 is 21.8 Å². The zero-order chi connectivity index (χ0) is 18.4. The standard InChI is InChI=1S/C17H25N3O4S/c1-13(2)19-16(21)11-18-25(23,24)15-9-6-10-20(12-15)17(22)14-7-4-3-5-8-14/h3-5,7-8,13,15,18H,6,9-12H2,1-2H3,(H,19,21). The van der Waals surface area contributed by atoms with Gasteiger partial charge in [0.1, 0.15) is 0 Å². The Hall–Kier alpha value is -1.93. The lowest BCUT2D eigenvalue weighted by Crippen LogP contribution is -2.50. The number of hydrogen-bond donors (Lipinski definition) is 2. The van der Waals surface area contributed by atoms with Gasteiger partial charge in [-0.25, -0.2) is 13.1 Å². The summed E-state index contributed by atoms with van der Waals surface area (Å²) in [5.41, 5.74) is 0.546. The van der Waals surface area contributed by atoms with E-state index in [0.717, 1.165) is 0 Å². The Morgan fingerprint density at radius 1 is 1.24 bits per heavy atom. The summed E-state index contributed by atoms with van der Waals surface area (Å²) in [5.74, 6) is -0.537. The molecule has 0 bridgehead atoms. The normalized spacial score (nSPS) is 18.2.